The van der Waals surface area contributed by atoms with Crippen LogP contribution in [0.4, 0.5) is 0 Å². The maximum absolute atomic E-state index is 12.5. The minimum Gasteiger partial charge on any atom is -0.352 e. The molecule has 2 unspecified atom stereocenters. The number of piperidine rings is 1. The fourth-order valence-electron chi connectivity index (χ4n) is 3.80. The molecule has 2 N–H and O–H groups in total. The second-order valence-corrected chi connectivity index (χ2v) is 7.79. The molecule has 6 nitrogen and oxygen atoms in total. The van der Waals surface area contributed by atoms with Crippen LogP contribution >= 0.6 is 0 Å². The van der Waals surface area contributed by atoms with Gasteiger partial charge in [-0.15, -0.1) is 0 Å². The van der Waals surface area contributed by atoms with Gasteiger partial charge in [0.15, 0.2) is 0 Å². The Kier molecular flexibility index (Phi) is 6.11. The van der Waals surface area contributed by atoms with Crippen LogP contribution in [0.3, 0.4) is 0 Å². The van der Waals surface area contributed by atoms with Gasteiger partial charge in [0.25, 0.3) is 0 Å². The first-order valence-corrected chi connectivity index (χ1v) is 9.62. The van der Waals surface area contributed by atoms with E-state index in [1.54, 1.807) is 0 Å². The number of piperazine rings is 1. The summed E-state index contributed by atoms with van der Waals surface area (Å²) in [5.41, 5.74) is 0. The largest absolute Gasteiger partial charge is 0.352 e. The van der Waals surface area contributed by atoms with Crippen molar-refractivity contribution in [3.63, 3.8) is 0 Å². The van der Waals surface area contributed by atoms with Crippen LogP contribution in [0.5, 0.6) is 0 Å². The molecule has 0 bridgehead atoms. The Morgan fingerprint density at radius 2 is 1.92 bits per heavy atom. The van der Waals surface area contributed by atoms with Crippen molar-refractivity contribution in [1.82, 2.24) is 20.4 Å². The van der Waals surface area contributed by atoms with Gasteiger partial charge in [0, 0.05) is 38.6 Å². The molecule has 1 aliphatic carbocycles. The number of hydrogen-bond acceptors (Lipinski definition) is 4. The van der Waals surface area contributed by atoms with E-state index in [2.05, 4.69) is 22.5 Å². The summed E-state index contributed by atoms with van der Waals surface area (Å²) in [6.45, 7) is 7.99. The molecule has 3 aliphatic rings. The zero-order valence-corrected chi connectivity index (χ0v) is 14.9. The third-order valence-electron chi connectivity index (χ3n) is 5.67. The maximum atomic E-state index is 12.5. The SMILES string of the molecule is CC(CC(=O)N1CCN(CC(=O)NC2CC2)CC1)C1CCCNC1. The van der Waals surface area contributed by atoms with E-state index in [9.17, 15) is 9.59 Å². The standard InChI is InChI=1S/C18H32N4O2/c1-14(15-3-2-6-19-12-15)11-18(24)22-9-7-21(8-10-22)13-17(23)20-16-4-5-16/h14-16,19H,2-13H2,1H3,(H,20,23). The van der Waals surface area contributed by atoms with Crippen molar-refractivity contribution in [1.29, 1.82) is 0 Å². The zero-order chi connectivity index (χ0) is 16.9. The average molecular weight is 336 g/mol. The van der Waals surface area contributed by atoms with Crippen LogP contribution in [0.2, 0.25) is 0 Å². The highest BCUT2D eigenvalue weighted by Gasteiger charge is 2.28. The number of amides is 2. The molecule has 0 radical (unpaired) electrons. The third-order valence-corrected chi connectivity index (χ3v) is 5.67. The summed E-state index contributed by atoms with van der Waals surface area (Å²) >= 11 is 0. The Balaban J connectivity index is 1.35. The van der Waals surface area contributed by atoms with E-state index in [4.69, 9.17) is 0 Å². The quantitative estimate of drug-likeness (QED) is 0.739. The van der Waals surface area contributed by atoms with E-state index in [0.717, 1.165) is 52.1 Å². The first-order valence-electron chi connectivity index (χ1n) is 9.62. The molecule has 1 saturated carbocycles. The summed E-state index contributed by atoms with van der Waals surface area (Å²) in [4.78, 5) is 28.6. The van der Waals surface area contributed by atoms with Crippen molar-refractivity contribution < 1.29 is 9.59 Å². The molecule has 136 valence electrons. The van der Waals surface area contributed by atoms with Crippen molar-refractivity contribution in [2.75, 3.05) is 45.8 Å². The monoisotopic (exact) mass is 336 g/mol. The Bertz CT molecular complexity index is 438. The molecular formula is C18H32N4O2. The number of carbonyl (C=O) groups is 2. The topological polar surface area (TPSA) is 64.7 Å². The number of carbonyl (C=O) groups excluding carboxylic acids is 2. The van der Waals surface area contributed by atoms with Crippen LogP contribution in [0.1, 0.15) is 39.0 Å². The van der Waals surface area contributed by atoms with E-state index >= 15 is 0 Å². The lowest BCUT2D eigenvalue weighted by atomic mass is 9.85. The molecule has 6 heteroatoms. The van der Waals surface area contributed by atoms with Gasteiger partial charge in [-0.2, -0.15) is 0 Å². The molecule has 2 heterocycles. The second-order valence-electron chi connectivity index (χ2n) is 7.79. The Morgan fingerprint density at radius 1 is 1.17 bits per heavy atom. The summed E-state index contributed by atoms with van der Waals surface area (Å²) in [5, 5.41) is 6.47. The predicted molar refractivity (Wildman–Crippen MR) is 93.6 cm³/mol. The fraction of sp³-hybridized carbons (Fsp3) is 0.889. The molecule has 2 aliphatic heterocycles. The summed E-state index contributed by atoms with van der Waals surface area (Å²) in [7, 11) is 0. The molecule has 2 atom stereocenters. The summed E-state index contributed by atoms with van der Waals surface area (Å²) in [6, 6.07) is 0.427. The van der Waals surface area contributed by atoms with Crippen molar-refractivity contribution >= 4 is 11.8 Å². The van der Waals surface area contributed by atoms with E-state index in [-0.39, 0.29) is 11.8 Å². The minimum atomic E-state index is 0.135. The molecule has 0 spiro atoms. The summed E-state index contributed by atoms with van der Waals surface area (Å²) in [6.07, 6.45) is 5.38. The molecule has 0 aromatic rings. The van der Waals surface area contributed by atoms with Crippen LogP contribution < -0.4 is 10.6 Å². The van der Waals surface area contributed by atoms with Crippen LogP contribution in [-0.2, 0) is 9.59 Å². The molecule has 0 aromatic carbocycles. The van der Waals surface area contributed by atoms with Gasteiger partial charge in [-0.25, -0.2) is 0 Å². The van der Waals surface area contributed by atoms with Crippen molar-refractivity contribution in [3.05, 3.63) is 0 Å². The highest BCUT2D eigenvalue weighted by molar-refractivity contribution is 5.79. The fourth-order valence-corrected chi connectivity index (χ4v) is 3.80. The smallest absolute Gasteiger partial charge is 0.234 e. The number of nitrogens with one attached hydrogen (secondary N) is 2. The van der Waals surface area contributed by atoms with Gasteiger partial charge < -0.3 is 15.5 Å². The van der Waals surface area contributed by atoms with E-state index < -0.39 is 0 Å². The van der Waals surface area contributed by atoms with Gasteiger partial charge in [-0.1, -0.05) is 6.92 Å². The van der Waals surface area contributed by atoms with Gasteiger partial charge in [0.05, 0.1) is 6.54 Å². The van der Waals surface area contributed by atoms with Crippen LogP contribution in [0, 0.1) is 11.8 Å². The molecule has 3 fully saturated rings. The molecular weight excluding hydrogens is 304 g/mol. The molecule has 3 rings (SSSR count). The van der Waals surface area contributed by atoms with Gasteiger partial charge in [0.2, 0.25) is 11.8 Å². The normalized spacial score (nSPS) is 26.9. The molecule has 2 saturated heterocycles. The van der Waals surface area contributed by atoms with Crippen molar-refractivity contribution in [2.45, 2.75) is 45.1 Å². The average Bonchev–Trinajstić information content (AvgIpc) is 3.40. The zero-order valence-electron chi connectivity index (χ0n) is 14.9. The van der Waals surface area contributed by atoms with E-state index in [0.29, 0.717) is 30.8 Å². The predicted octanol–water partition coefficient (Wildman–Crippen LogP) is 0.435. The first kappa shape index (κ1) is 17.7. The Morgan fingerprint density at radius 3 is 2.54 bits per heavy atom. The maximum Gasteiger partial charge on any atom is 0.234 e. The van der Waals surface area contributed by atoms with Crippen LogP contribution in [0.25, 0.3) is 0 Å². The van der Waals surface area contributed by atoms with Crippen molar-refractivity contribution in [2.24, 2.45) is 11.8 Å². The lowest BCUT2D eigenvalue weighted by Crippen LogP contribution is -2.51. The third kappa shape index (κ3) is 5.18. The number of nitrogens with zero attached hydrogens (tertiary/aromatic N) is 2. The van der Waals surface area contributed by atoms with E-state index in [1.165, 1.54) is 12.8 Å². The lowest BCUT2D eigenvalue weighted by Gasteiger charge is -2.36. The minimum absolute atomic E-state index is 0.135. The molecule has 0 aromatic heterocycles. The van der Waals surface area contributed by atoms with Gasteiger partial charge in [0.1, 0.15) is 0 Å². The second kappa shape index (κ2) is 8.30. The lowest BCUT2D eigenvalue weighted by molar-refractivity contribution is -0.134. The Hall–Kier alpha value is -1.14. The highest BCUT2D eigenvalue weighted by atomic mass is 16.2. The first-order chi connectivity index (χ1) is 11.6. The summed E-state index contributed by atoms with van der Waals surface area (Å²) in [5.74, 6) is 1.51. The van der Waals surface area contributed by atoms with Crippen LogP contribution in [-0.4, -0.2) is 73.5 Å². The van der Waals surface area contributed by atoms with Crippen LogP contribution in [0.15, 0.2) is 0 Å². The molecule has 24 heavy (non-hydrogen) atoms. The van der Waals surface area contributed by atoms with Gasteiger partial charge in [-0.3, -0.25) is 14.5 Å². The van der Waals surface area contributed by atoms with E-state index in [1.807, 2.05) is 4.90 Å². The Labute approximate surface area is 145 Å². The van der Waals surface area contributed by atoms with Gasteiger partial charge in [-0.05, 0) is 50.6 Å². The summed E-state index contributed by atoms with van der Waals surface area (Å²) < 4.78 is 0. The number of hydrogen-bond donors (Lipinski definition) is 2. The van der Waals surface area contributed by atoms with Crippen molar-refractivity contribution in [3.8, 4) is 0 Å². The molecule has 2 amide bonds. The van der Waals surface area contributed by atoms with Gasteiger partial charge >= 0.3 is 0 Å². The highest BCUT2D eigenvalue weighted by Crippen LogP contribution is 2.23. The number of rotatable bonds is 6.